The number of aromatic nitrogens is 2. The van der Waals surface area contributed by atoms with Gasteiger partial charge in [0.1, 0.15) is 0 Å². The van der Waals surface area contributed by atoms with E-state index in [2.05, 4.69) is 50.2 Å². The predicted octanol–water partition coefficient (Wildman–Crippen LogP) is 2.78. The number of likely N-dealkylation sites (tertiary alicyclic amines) is 2. The maximum atomic E-state index is 12.7. The van der Waals surface area contributed by atoms with Crippen molar-refractivity contribution in [3.63, 3.8) is 0 Å². The van der Waals surface area contributed by atoms with Gasteiger partial charge in [-0.3, -0.25) is 24.6 Å². The lowest BCUT2D eigenvalue weighted by Gasteiger charge is -2.42. The van der Waals surface area contributed by atoms with Crippen LogP contribution in [0.2, 0.25) is 0 Å². The van der Waals surface area contributed by atoms with E-state index >= 15 is 0 Å². The molecule has 1 amide bonds. The first kappa shape index (κ1) is 20.9. The Kier molecular flexibility index (Phi) is 7.07. The van der Waals surface area contributed by atoms with Gasteiger partial charge >= 0.3 is 0 Å². The number of carbonyl (C=O) groups excluding carboxylic acids is 1. The lowest BCUT2D eigenvalue weighted by molar-refractivity contribution is -0.127. The van der Waals surface area contributed by atoms with E-state index in [-0.39, 0.29) is 11.8 Å². The maximum Gasteiger partial charge on any atom is 0.224 e. The molecule has 2 aliphatic rings. The summed E-state index contributed by atoms with van der Waals surface area (Å²) in [5.74, 6) is 0.269. The maximum absolute atomic E-state index is 12.7. The number of pyridine rings is 2. The molecule has 2 aliphatic heterocycles. The molecule has 0 radical (unpaired) electrons. The summed E-state index contributed by atoms with van der Waals surface area (Å²) in [6.45, 7) is 7.72. The van der Waals surface area contributed by atoms with Crippen molar-refractivity contribution in [1.29, 1.82) is 0 Å². The second-order valence-electron chi connectivity index (χ2n) is 8.65. The second kappa shape index (κ2) is 10.1. The Morgan fingerprint density at radius 2 is 1.90 bits per heavy atom. The molecule has 4 rings (SSSR count). The summed E-state index contributed by atoms with van der Waals surface area (Å²) < 4.78 is 0. The molecule has 2 fully saturated rings. The van der Waals surface area contributed by atoms with E-state index in [4.69, 9.17) is 0 Å². The van der Waals surface area contributed by atoms with E-state index in [9.17, 15) is 4.79 Å². The van der Waals surface area contributed by atoms with E-state index < -0.39 is 0 Å². The van der Waals surface area contributed by atoms with Crippen molar-refractivity contribution in [2.75, 3.05) is 26.2 Å². The minimum absolute atomic E-state index is 0.0944. The topological polar surface area (TPSA) is 61.4 Å². The summed E-state index contributed by atoms with van der Waals surface area (Å²) in [7, 11) is 0. The van der Waals surface area contributed by atoms with Gasteiger partial charge in [-0.05, 0) is 63.4 Å². The Balaban J connectivity index is 1.23. The Hall–Kier alpha value is -2.31. The van der Waals surface area contributed by atoms with Gasteiger partial charge < -0.3 is 5.32 Å². The number of piperidine rings is 2. The summed E-state index contributed by atoms with van der Waals surface area (Å²) in [6, 6.07) is 12.7. The molecule has 6 nitrogen and oxygen atoms in total. The van der Waals surface area contributed by atoms with Gasteiger partial charge in [-0.2, -0.15) is 0 Å². The van der Waals surface area contributed by atoms with Gasteiger partial charge in [-0.15, -0.1) is 0 Å². The van der Waals surface area contributed by atoms with Crippen molar-refractivity contribution in [2.45, 2.75) is 51.7 Å². The number of hydrogen-bond donors (Lipinski definition) is 1. The number of nitrogens with zero attached hydrogens (tertiary/aromatic N) is 4. The molecular formula is C24H33N5O. The molecule has 0 aliphatic carbocycles. The summed E-state index contributed by atoms with van der Waals surface area (Å²) in [5.41, 5.74) is 3.16. The zero-order chi connectivity index (χ0) is 20.8. The van der Waals surface area contributed by atoms with Crippen molar-refractivity contribution in [3.05, 3.63) is 59.7 Å². The number of carbonyl (C=O) groups is 1. The van der Waals surface area contributed by atoms with Crippen molar-refractivity contribution < 1.29 is 4.79 Å². The average Bonchev–Trinajstić information content (AvgIpc) is 2.79. The van der Waals surface area contributed by atoms with Gasteiger partial charge in [-0.25, -0.2) is 0 Å². The van der Waals surface area contributed by atoms with Crippen LogP contribution in [0.25, 0.3) is 0 Å². The van der Waals surface area contributed by atoms with Crippen molar-refractivity contribution in [2.24, 2.45) is 5.92 Å². The number of nitrogens with one attached hydrogen (secondary N) is 1. The molecule has 4 heterocycles. The molecule has 0 unspecified atom stereocenters. The van der Waals surface area contributed by atoms with Gasteiger partial charge in [0, 0.05) is 44.1 Å². The highest BCUT2D eigenvalue weighted by atomic mass is 16.1. The van der Waals surface area contributed by atoms with Crippen LogP contribution in [0.4, 0.5) is 0 Å². The fourth-order valence-electron chi connectivity index (χ4n) is 4.74. The molecule has 0 bridgehead atoms. The molecule has 2 saturated heterocycles. The SMILES string of the molecule is Cc1cccc(CN2CCC(N3CCC[C@@H](C(=O)NCc4ccccn4)C3)CC2)n1. The molecule has 0 spiro atoms. The minimum atomic E-state index is 0.0944. The zero-order valence-corrected chi connectivity index (χ0v) is 18.0. The largest absolute Gasteiger partial charge is 0.350 e. The molecule has 1 atom stereocenters. The highest BCUT2D eigenvalue weighted by Gasteiger charge is 2.31. The second-order valence-corrected chi connectivity index (χ2v) is 8.65. The highest BCUT2D eigenvalue weighted by molar-refractivity contribution is 5.78. The zero-order valence-electron chi connectivity index (χ0n) is 18.0. The molecule has 6 heteroatoms. The summed E-state index contributed by atoms with van der Waals surface area (Å²) in [4.78, 5) is 26.7. The number of hydrogen-bond acceptors (Lipinski definition) is 5. The van der Waals surface area contributed by atoms with E-state index in [0.29, 0.717) is 12.6 Å². The smallest absolute Gasteiger partial charge is 0.224 e. The molecule has 1 N–H and O–H groups in total. The average molecular weight is 408 g/mol. The summed E-state index contributed by atoms with van der Waals surface area (Å²) in [6.07, 6.45) is 6.21. The van der Waals surface area contributed by atoms with Crippen molar-refractivity contribution >= 4 is 5.91 Å². The molecular weight excluding hydrogens is 374 g/mol. The van der Waals surface area contributed by atoms with Crippen molar-refractivity contribution in [3.8, 4) is 0 Å². The van der Waals surface area contributed by atoms with Crippen LogP contribution in [0.15, 0.2) is 42.6 Å². The lowest BCUT2D eigenvalue weighted by atomic mass is 9.93. The van der Waals surface area contributed by atoms with Crippen LogP contribution in [0.3, 0.4) is 0 Å². The van der Waals surface area contributed by atoms with Gasteiger partial charge in [0.05, 0.1) is 23.9 Å². The van der Waals surface area contributed by atoms with Crippen LogP contribution in [0.1, 0.15) is 42.8 Å². The third-order valence-corrected chi connectivity index (χ3v) is 6.40. The lowest BCUT2D eigenvalue weighted by Crippen LogP contribution is -2.50. The standard InChI is InChI=1S/C24H33N5O/c1-19-6-4-9-22(27-19)18-28-14-10-23(11-15-28)29-13-5-7-20(17-29)24(30)26-16-21-8-2-3-12-25-21/h2-4,6,8-9,12,20,23H,5,7,10-11,13-18H2,1H3,(H,26,30)/t20-/m1/s1. The van der Waals surface area contributed by atoms with Crippen LogP contribution in [0.5, 0.6) is 0 Å². The summed E-state index contributed by atoms with van der Waals surface area (Å²) >= 11 is 0. The predicted molar refractivity (Wildman–Crippen MR) is 118 cm³/mol. The van der Waals surface area contributed by atoms with E-state index in [1.807, 2.05) is 18.2 Å². The monoisotopic (exact) mass is 407 g/mol. The third kappa shape index (κ3) is 5.64. The molecule has 0 aromatic carbocycles. The first-order chi connectivity index (χ1) is 14.7. The molecule has 0 saturated carbocycles. The Morgan fingerprint density at radius 1 is 1.07 bits per heavy atom. The van der Waals surface area contributed by atoms with E-state index in [1.54, 1.807) is 6.20 Å². The van der Waals surface area contributed by atoms with Gasteiger partial charge in [0.25, 0.3) is 0 Å². The van der Waals surface area contributed by atoms with Crippen LogP contribution in [-0.4, -0.2) is 57.9 Å². The molecule has 2 aromatic heterocycles. The van der Waals surface area contributed by atoms with Crippen LogP contribution >= 0.6 is 0 Å². The van der Waals surface area contributed by atoms with Crippen molar-refractivity contribution in [1.82, 2.24) is 25.1 Å². The van der Waals surface area contributed by atoms with Gasteiger partial charge in [0.2, 0.25) is 5.91 Å². The Bertz CT molecular complexity index is 819. The molecule has 30 heavy (non-hydrogen) atoms. The Labute approximate surface area is 179 Å². The van der Waals surface area contributed by atoms with E-state index in [0.717, 1.165) is 62.6 Å². The van der Waals surface area contributed by atoms with Crippen LogP contribution in [0, 0.1) is 12.8 Å². The summed E-state index contributed by atoms with van der Waals surface area (Å²) in [5, 5.41) is 3.09. The first-order valence-electron chi connectivity index (χ1n) is 11.2. The third-order valence-electron chi connectivity index (χ3n) is 6.40. The molecule has 160 valence electrons. The number of amides is 1. The number of rotatable bonds is 6. The van der Waals surface area contributed by atoms with E-state index in [1.165, 1.54) is 12.8 Å². The number of aryl methyl sites for hydroxylation is 1. The quantitative estimate of drug-likeness (QED) is 0.798. The first-order valence-corrected chi connectivity index (χ1v) is 11.2. The fraction of sp³-hybridized carbons (Fsp3) is 0.542. The molecule has 2 aromatic rings. The minimum Gasteiger partial charge on any atom is -0.350 e. The van der Waals surface area contributed by atoms with Gasteiger partial charge in [0.15, 0.2) is 0 Å². The van der Waals surface area contributed by atoms with Gasteiger partial charge in [-0.1, -0.05) is 12.1 Å². The Morgan fingerprint density at radius 3 is 2.67 bits per heavy atom. The highest BCUT2D eigenvalue weighted by Crippen LogP contribution is 2.24. The van der Waals surface area contributed by atoms with Crippen LogP contribution in [-0.2, 0) is 17.9 Å². The van der Waals surface area contributed by atoms with Crippen LogP contribution < -0.4 is 5.32 Å². The fourth-order valence-corrected chi connectivity index (χ4v) is 4.74. The normalized spacial score (nSPS) is 21.4.